The van der Waals surface area contributed by atoms with E-state index in [2.05, 4.69) is 10.1 Å². The molecule has 170 valence electrons. The normalized spacial score (nSPS) is 12.7. The second-order valence-corrected chi connectivity index (χ2v) is 7.91. The van der Waals surface area contributed by atoms with Crippen molar-refractivity contribution in [3.63, 3.8) is 0 Å². The minimum absolute atomic E-state index is 0.205. The van der Waals surface area contributed by atoms with Gasteiger partial charge in [0.2, 0.25) is 0 Å². The molecule has 0 unspecified atom stereocenters. The number of hydrogen-bond donors (Lipinski definition) is 0. The first kappa shape index (κ1) is 21.6. The maximum absolute atomic E-state index is 13.0. The van der Waals surface area contributed by atoms with Crippen molar-refractivity contribution in [1.29, 1.82) is 0 Å². The first-order chi connectivity index (χ1) is 16.3. The average molecular weight is 460 g/mol. The van der Waals surface area contributed by atoms with Crippen LogP contribution in [-0.2, 0) is 6.18 Å². The molecule has 8 heteroatoms. The van der Waals surface area contributed by atoms with E-state index in [0.29, 0.717) is 16.9 Å². The van der Waals surface area contributed by atoms with E-state index in [1.165, 1.54) is 18.2 Å². The zero-order valence-electron chi connectivity index (χ0n) is 18.1. The summed E-state index contributed by atoms with van der Waals surface area (Å²) in [5.41, 5.74) is 2.26. The first-order valence-corrected chi connectivity index (χ1v) is 10.6. The Hall–Kier alpha value is -4.20. The highest BCUT2D eigenvalue weighted by Gasteiger charge is 2.30. The predicted molar refractivity (Wildman–Crippen MR) is 124 cm³/mol. The van der Waals surface area contributed by atoms with Crippen LogP contribution in [0.2, 0.25) is 0 Å². The summed E-state index contributed by atoms with van der Waals surface area (Å²) in [6.07, 6.45) is -1.01. The van der Waals surface area contributed by atoms with Crippen molar-refractivity contribution in [3.05, 3.63) is 113 Å². The molecule has 1 atom stereocenters. The first-order valence-electron chi connectivity index (χ1n) is 10.6. The Morgan fingerprint density at radius 1 is 0.912 bits per heavy atom. The largest absolute Gasteiger partial charge is 0.416 e. The summed E-state index contributed by atoms with van der Waals surface area (Å²) in [5.74, 6) is 0. The fourth-order valence-electron chi connectivity index (χ4n) is 3.99. The van der Waals surface area contributed by atoms with Gasteiger partial charge in [-0.1, -0.05) is 24.3 Å². The van der Waals surface area contributed by atoms with Crippen molar-refractivity contribution < 1.29 is 13.2 Å². The molecule has 0 saturated carbocycles. The van der Waals surface area contributed by atoms with Crippen LogP contribution in [0.1, 0.15) is 24.2 Å². The standard InChI is InChI=1S/C26H19F3N4O/c1-17(22-7-4-5-14-30-22)32-15-13-18(16-24(32)34)25-21-6-2-3-8-23(21)33(31-25)20-11-9-19(10-12-20)26(27,28)29/h2-17H,1H3/t17-/m0/s1. The highest BCUT2D eigenvalue weighted by Crippen LogP contribution is 2.32. The summed E-state index contributed by atoms with van der Waals surface area (Å²) in [6.45, 7) is 1.90. The summed E-state index contributed by atoms with van der Waals surface area (Å²) in [5, 5.41) is 5.46. The predicted octanol–water partition coefficient (Wildman–Crippen LogP) is 5.88. The van der Waals surface area contributed by atoms with Gasteiger partial charge in [-0.2, -0.15) is 18.3 Å². The van der Waals surface area contributed by atoms with Crippen LogP contribution in [0.5, 0.6) is 0 Å². The third-order valence-electron chi connectivity index (χ3n) is 5.78. The van der Waals surface area contributed by atoms with Crippen molar-refractivity contribution in [2.75, 3.05) is 0 Å². The van der Waals surface area contributed by atoms with Gasteiger partial charge in [0.05, 0.1) is 28.5 Å². The average Bonchev–Trinajstić information content (AvgIpc) is 3.23. The Balaban J connectivity index is 1.58. The lowest BCUT2D eigenvalue weighted by atomic mass is 10.1. The molecule has 0 aliphatic rings. The summed E-state index contributed by atoms with van der Waals surface area (Å²) in [4.78, 5) is 17.3. The molecule has 0 aliphatic carbocycles. The Bertz CT molecular complexity index is 1520. The van der Waals surface area contributed by atoms with Gasteiger partial charge in [0.25, 0.3) is 5.56 Å². The number of fused-ring (bicyclic) bond motifs is 1. The number of nitrogens with zero attached hydrogens (tertiary/aromatic N) is 4. The molecule has 3 aromatic heterocycles. The summed E-state index contributed by atoms with van der Waals surface area (Å²) >= 11 is 0. The van der Waals surface area contributed by atoms with Gasteiger partial charge < -0.3 is 4.57 Å². The molecule has 34 heavy (non-hydrogen) atoms. The molecule has 0 aliphatic heterocycles. The minimum atomic E-state index is -4.41. The maximum Gasteiger partial charge on any atom is 0.416 e. The lowest BCUT2D eigenvalue weighted by molar-refractivity contribution is -0.137. The molecule has 5 nitrogen and oxygen atoms in total. The second kappa shape index (κ2) is 8.30. The van der Waals surface area contributed by atoms with Crippen LogP contribution in [0, 0.1) is 0 Å². The number of hydrogen-bond acceptors (Lipinski definition) is 3. The van der Waals surface area contributed by atoms with Crippen molar-refractivity contribution in [2.45, 2.75) is 19.1 Å². The molecule has 0 fully saturated rings. The van der Waals surface area contributed by atoms with Gasteiger partial charge >= 0.3 is 6.18 Å². The Kier molecular flexibility index (Phi) is 5.28. The molecule has 0 radical (unpaired) electrons. The van der Waals surface area contributed by atoms with Crippen LogP contribution < -0.4 is 5.56 Å². The Morgan fingerprint density at radius 3 is 2.32 bits per heavy atom. The van der Waals surface area contributed by atoms with Gasteiger partial charge in [0, 0.05) is 29.4 Å². The molecular formula is C26H19F3N4O. The maximum atomic E-state index is 13.0. The van der Waals surface area contributed by atoms with Crippen LogP contribution >= 0.6 is 0 Å². The third-order valence-corrected chi connectivity index (χ3v) is 5.78. The van der Waals surface area contributed by atoms with Gasteiger partial charge in [-0.25, -0.2) is 4.68 Å². The second-order valence-electron chi connectivity index (χ2n) is 7.91. The minimum Gasteiger partial charge on any atom is -0.307 e. The van der Waals surface area contributed by atoms with Crippen molar-refractivity contribution >= 4 is 10.9 Å². The van der Waals surface area contributed by atoms with Gasteiger partial charge in [0.15, 0.2) is 0 Å². The van der Waals surface area contributed by atoms with Crippen molar-refractivity contribution in [3.8, 4) is 16.9 Å². The quantitative estimate of drug-likeness (QED) is 0.337. The fraction of sp³-hybridized carbons (Fsp3) is 0.115. The van der Waals surface area contributed by atoms with E-state index in [-0.39, 0.29) is 11.6 Å². The van der Waals surface area contributed by atoms with Gasteiger partial charge in [-0.05, 0) is 55.5 Å². The smallest absolute Gasteiger partial charge is 0.307 e. The van der Waals surface area contributed by atoms with Gasteiger partial charge in [-0.15, -0.1) is 0 Å². The number of para-hydroxylation sites is 1. The van der Waals surface area contributed by atoms with Gasteiger partial charge in [-0.3, -0.25) is 9.78 Å². The number of benzene rings is 2. The lowest BCUT2D eigenvalue weighted by Crippen LogP contribution is -2.23. The molecule has 5 rings (SSSR count). The molecule has 0 bridgehead atoms. The van der Waals surface area contributed by atoms with E-state index in [4.69, 9.17) is 0 Å². The van der Waals surface area contributed by atoms with Crippen molar-refractivity contribution in [1.82, 2.24) is 19.3 Å². The highest BCUT2D eigenvalue weighted by atomic mass is 19.4. The molecule has 0 N–H and O–H groups in total. The number of rotatable bonds is 4. The SMILES string of the molecule is C[C@@H](c1ccccn1)n1ccc(-c2nn(-c3ccc(C(F)(F)F)cc3)c3ccccc23)cc1=O. The monoisotopic (exact) mass is 460 g/mol. The zero-order chi connectivity index (χ0) is 23.9. The van der Waals surface area contributed by atoms with Crippen LogP contribution in [-0.4, -0.2) is 19.3 Å². The van der Waals surface area contributed by atoms with Crippen LogP contribution in [0.25, 0.3) is 27.8 Å². The summed E-state index contributed by atoms with van der Waals surface area (Å²) in [7, 11) is 0. The van der Waals surface area contributed by atoms with E-state index < -0.39 is 11.7 Å². The number of halogens is 3. The molecule has 2 aromatic carbocycles. The molecule has 0 saturated heterocycles. The molecule has 3 heterocycles. The number of aromatic nitrogens is 4. The van der Waals surface area contributed by atoms with Gasteiger partial charge in [0.1, 0.15) is 5.69 Å². The fourth-order valence-corrected chi connectivity index (χ4v) is 3.99. The highest BCUT2D eigenvalue weighted by molar-refractivity contribution is 5.94. The van der Waals surface area contributed by atoms with E-state index in [9.17, 15) is 18.0 Å². The van der Waals surface area contributed by atoms with E-state index in [1.807, 2.05) is 55.5 Å². The summed E-state index contributed by atoms with van der Waals surface area (Å²) < 4.78 is 42.1. The van der Waals surface area contributed by atoms with Crippen LogP contribution in [0.3, 0.4) is 0 Å². The summed E-state index contributed by atoms with van der Waals surface area (Å²) in [6, 6.07) is 20.9. The molecule has 0 amide bonds. The molecule has 0 spiro atoms. The lowest BCUT2D eigenvalue weighted by Gasteiger charge is -2.14. The third kappa shape index (κ3) is 3.87. The molecule has 5 aromatic rings. The van der Waals surface area contributed by atoms with E-state index in [1.54, 1.807) is 21.6 Å². The molecular weight excluding hydrogens is 441 g/mol. The van der Waals surface area contributed by atoms with Crippen LogP contribution in [0.15, 0.2) is 96.1 Å². The van der Waals surface area contributed by atoms with Crippen molar-refractivity contribution in [2.24, 2.45) is 0 Å². The topological polar surface area (TPSA) is 52.7 Å². The Morgan fingerprint density at radius 2 is 1.65 bits per heavy atom. The number of pyridine rings is 2. The van der Waals surface area contributed by atoms with Crippen LogP contribution in [0.4, 0.5) is 13.2 Å². The van der Waals surface area contributed by atoms with E-state index >= 15 is 0 Å². The Labute approximate surface area is 192 Å². The number of alkyl halides is 3. The zero-order valence-corrected chi connectivity index (χ0v) is 18.1. The van der Waals surface area contributed by atoms with E-state index in [0.717, 1.165) is 28.7 Å².